The molecule has 0 atom stereocenters. The first-order valence-corrected chi connectivity index (χ1v) is 7.74. The van der Waals surface area contributed by atoms with Gasteiger partial charge in [0.1, 0.15) is 5.75 Å². The van der Waals surface area contributed by atoms with Crippen LogP contribution in [0.1, 0.15) is 16.7 Å². The maximum Gasteiger partial charge on any atom is 0.122 e. The minimum absolute atomic E-state index is 0.683. The fourth-order valence-electron chi connectivity index (χ4n) is 1.97. The van der Waals surface area contributed by atoms with Crippen LogP contribution >= 0.6 is 11.8 Å². The highest BCUT2D eigenvalue weighted by molar-refractivity contribution is 7.99. The second-order valence-corrected chi connectivity index (χ2v) is 6.14. The molecule has 2 aromatic carbocycles. The SMILES string of the molecule is Cc1ccc(SCCOc2cc(C)ccc2C)c(N)c1. The minimum atomic E-state index is 0.683. The van der Waals surface area contributed by atoms with Gasteiger partial charge in [0.15, 0.2) is 0 Å². The highest BCUT2D eigenvalue weighted by Gasteiger charge is 2.02. The molecule has 0 amide bonds. The molecule has 20 heavy (non-hydrogen) atoms. The van der Waals surface area contributed by atoms with Gasteiger partial charge in [0.25, 0.3) is 0 Å². The van der Waals surface area contributed by atoms with Crippen molar-refractivity contribution < 1.29 is 4.74 Å². The summed E-state index contributed by atoms with van der Waals surface area (Å²) in [5.74, 6) is 1.86. The van der Waals surface area contributed by atoms with Crippen LogP contribution in [0.15, 0.2) is 41.3 Å². The first-order valence-electron chi connectivity index (χ1n) is 6.75. The predicted octanol–water partition coefficient (Wildman–Crippen LogP) is 4.37. The molecule has 0 heterocycles. The van der Waals surface area contributed by atoms with Crippen molar-refractivity contribution >= 4 is 17.4 Å². The molecule has 3 heteroatoms. The summed E-state index contributed by atoms with van der Waals surface area (Å²) in [6.07, 6.45) is 0. The number of aryl methyl sites for hydroxylation is 3. The third kappa shape index (κ3) is 3.94. The van der Waals surface area contributed by atoms with E-state index in [9.17, 15) is 0 Å². The molecule has 2 nitrogen and oxygen atoms in total. The summed E-state index contributed by atoms with van der Waals surface area (Å²) in [4.78, 5) is 1.13. The topological polar surface area (TPSA) is 35.2 Å². The molecular weight excluding hydrogens is 266 g/mol. The van der Waals surface area contributed by atoms with Crippen molar-refractivity contribution in [3.63, 3.8) is 0 Å². The van der Waals surface area contributed by atoms with Crippen molar-refractivity contribution in [1.29, 1.82) is 0 Å². The van der Waals surface area contributed by atoms with Crippen LogP contribution in [0.4, 0.5) is 5.69 Å². The number of ether oxygens (including phenoxy) is 1. The number of nitrogen functional groups attached to an aromatic ring is 1. The van der Waals surface area contributed by atoms with E-state index in [1.165, 1.54) is 16.7 Å². The summed E-state index contributed by atoms with van der Waals surface area (Å²) in [5.41, 5.74) is 10.4. The van der Waals surface area contributed by atoms with Crippen LogP contribution in [0.5, 0.6) is 5.75 Å². The number of anilines is 1. The monoisotopic (exact) mass is 287 g/mol. The van der Waals surface area contributed by atoms with Crippen molar-refractivity contribution in [3.8, 4) is 5.75 Å². The average molecular weight is 287 g/mol. The molecule has 2 aromatic rings. The Bertz CT molecular complexity index is 596. The molecule has 106 valence electrons. The zero-order valence-corrected chi connectivity index (χ0v) is 13.1. The van der Waals surface area contributed by atoms with Crippen LogP contribution in [0.25, 0.3) is 0 Å². The summed E-state index contributed by atoms with van der Waals surface area (Å²) in [5, 5.41) is 0. The van der Waals surface area contributed by atoms with E-state index in [0.29, 0.717) is 6.61 Å². The van der Waals surface area contributed by atoms with Crippen molar-refractivity contribution in [1.82, 2.24) is 0 Å². The lowest BCUT2D eigenvalue weighted by Gasteiger charge is -2.10. The quantitative estimate of drug-likeness (QED) is 0.504. The van der Waals surface area contributed by atoms with Gasteiger partial charge < -0.3 is 10.5 Å². The van der Waals surface area contributed by atoms with E-state index < -0.39 is 0 Å². The Morgan fingerprint density at radius 3 is 2.45 bits per heavy atom. The Hall–Kier alpha value is -1.61. The van der Waals surface area contributed by atoms with Crippen LogP contribution in [0.2, 0.25) is 0 Å². The van der Waals surface area contributed by atoms with Crippen LogP contribution < -0.4 is 10.5 Å². The molecular formula is C17H21NOS. The van der Waals surface area contributed by atoms with Crippen LogP contribution in [-0.4, -0.2) is 12.4 Å². The standard InChI is InChI=1S/C17H21NOS/c1-12-5-7-17(15(18)10-12)20-9-8-19-16-11-13(2)4-6-14(16)3/h4-7,10-11H,8-9,18H2,1-3H3. The van der Waals surface area contributed by atoms with E-state index in [2.05, 4.69) is 51.1 Å². The Labute approximate surface area is 125 Å². The summed E-state index contributed by atoms with van der Waals surface area (Å²) in [7, 11) is 0. The van der Waals surface area contributed by atoms with Gasteiger partial charge in [0.2, 0.25) is 0 Å². The minimum Gasteiger partial charge on any atom is -0.492 e. The molecule has 0 spiro atoms. The zero-order valence-electron chi connectivity index (χ0n) is 12.3. The molecule has 0 saturated carbocycles. The number of rotatable bonds is 5. The fourth-order valence-corrected chi connectivity index (χ4v) is 2.74. The number of benzene rings is 2. The zero-order chi connectivity index (χ0) is 14.5. The maximum atomic E-state index is 6.00. The molecule has 2 rings (SSSR count). The molecule has 0 aliphatic heterocycles. The third-order valence-corrected chi connectivity index (χ3v) is 4.16. The summed E-state index contributed by atoms with van der Waals surface area (Å²) in [6.45, 7) is 6.88. The van der Waals surface area contributed by atoms with E-state index in [4.69, 9.17) is 10.5 Å². The molecule has 0 aromatic heterocycles. The third-order valence-electron chi connectivity index (χ3n) is 3.11. The predicted molar refractivity (Wildman–Crippen MR) is 87.7 cm³/mol. The number of thioether (sulfide) groups is 1. The molecule has 0 fully saturated rings. The normalized spacial score (nSPS) is 10.6. The smallest absolute Gasteiger partial charge is 0.122 e. The van der Waals surface area contributed by atoms with Gasteiger partial charge in [0, 0.05) is 16.3 Å². The van der Waals surface area contributed by atoms with E-state index in [-0.39, 0.29) is 0 Å². The summed E-state index contributed by atoms with van der Waals surface area (Å²) >= 11 is 1.74. The second kappa shape index (κ2) is 6.71. The van der Waals surface area contributed by atoms with Gasteiger partial charge in [-0.2, -0.15) is 0 Å². The van der Waals surface area contributed by atoms with Crippen LogP contribution in [0.3, 0.4) is 0 Å². The van der Waals surface area contributed by atoms with Gasteiger partial charge in [-0.25, -0.2) is 0 Å². The lowest BCUT2D eigenvalue weighted by atomic mass is 10.1. The molecule has 0 aliphatic rings. The maximum absolute atomic E-state index is 6.00. The molecule has 0 saturated heterocycles. The van der Waals surface area contributed by atoms with Gasteiger partial charge in [-0.05, 0) is 55.7 Å². The van der Waals surface area contributed by atoms with E-state index in [1.807, 2.05) is 6.07 Å². The largest absolute Gasteiger partial charge is 0.492 e. The summed E-state index contributed by atoms with van der Waals surface area (Å²) in [6, 6.07) is 12.4. The average Bonchev–Trinajstić information content (AvgIpc) is 2.40. The van der Waals surface area contributed by atoms with Gasteiger partial charge in [-0.1, -0.05) is 18.2 Å². The number of nitrogens with two attached hydrogens (primary N) is 1. The number of hydrogen-bond acceptors (Lipinski definition) is 3. The molecule has 2 N–H and O–H groups in total. The van der Waals surface area contributed by atoms with Gasteiger partial charge in [0.05, 0.1) is 6.61 Å². The van der Waals surface area contributed by atoms with Gasteiger partial charge in [-0.3, -0.25) is 0 Å². The van der Waals surface area contributed by atoms with Crippen molar-refractivity contribution in [3.05, 3.63) is 53.1 Å². The Balaban J connectivity index is 1.86. The molecule has 0 bridgehead atoms. The fraction of sp³-hybridized carbons (Fsp3) is 0.294. The first kappa shape index (κ1) is 14.8. The lowest BCUT2D eigenvalue weighted by molar-refractivity contribution is 0.341. The highest BCUT2D eigenvalue weighted by Crippen LogP contribution is 2.26. The van der Waals surface area contributed by atoms with Gasteiger partial charge in [-0.15, -0.1) is 11.8 Å². The molecule has 0 unspecified atom stereocenters. The Kier molecular flexibility index (Phi) is 4.96. The molecule has 0 aliphatic carbocycles. The van der Waals surface area contributed by atoms with Crippen molar-refractivity contribution in [2.24, 2.45) is 0 Å². The van der Waals surface area contributed by atoms with Crippen LogP contribution in [0, 0.1) is 20.8 Å². The van der Waals surface area contributed by atoms with E-state index in [0.717, 1.165) is 22.1 Å². The molecule has 0 radical (unpaired) electrons. The van der Waals surface area contributed by atoms with E-state index in [1.54, 1.807) is 11.8 Å². The van der Waals surface area contributed by atoms with Crippen molar-refractivity contribution in [2.45, 2.75) is 25.7 Å². The second-order valence-electron chi connectivity index (χ2n) is 5.01. The lowest BCUT2D eigenvalue weighted by Crippen LogP contribution is -2.02. The van der Waals surface area contributed by atoms with Crippen molar-refractivity contribution in [2.75, 3.05) is 18.1 Å². The van der Waals surface area contributed by atoms with Gasteiger partial charge >= 0.3 is 0 Å². The highest BCUT2D eigenvalue weighted by atomic mass is 32.2. The van der Waals surface area contributed by atoms with Crippen LogP contribution in [-0.2, 0) is 0 Å². The Morgan fingerprint density at radius 2 is 1.70 bits per heavy atom. The summed E-state index contributed by atoms with van der Waals surface area (Å²) < 4.78 is 5.84. The Morgan fingerprint density at radius 1 is 1.00 bits per heavy atom. The first-order chi connectivity index (χ1) is 9.56. The van der Waals surface area contributed by atoms with E-state index >= 15 is 0 Å². The number of hydrogen-bond donors (Lipinski definition) is 1.